The van der Waals surface area contributed by atoms with Gasteiger partial charge in [-0.3, -0.25) is 4.79 Å². The monoisotopic (exact) mass is 288 g/mol. The van der Waals surface area contributed by atoms with Crippen molar-refractivity contribution >= 4 is 11.6 Å². The van der Waals surface area contributed by atoms with Gasteiger partial charge in [-0.1, -0.05) is 25.5 Å². The molecule has 0 bridgehead atoms. The molecule has 0 spiro atoms. The van der Waals surface area contributed by atoms with Crippen LogP contribution in [0, 0.1) is 6.92 Å². The normalized spacial score (nSPS) is 11.4. The highest BCUT2D eigenvalue weighted by molar-refractivity contribution is 5.99. The first kappa shape index (κ1) is 16.3. The molecule has 1 aromatic rings. The van der Waals surface area contributed by atoms with Crippen molar-refractivity contribution < 1.29 is 18.0 Å². The predicted octanol–water partition coefficient (Wildman–Crippen LogP) is 3.38. The molecule has 0 unspecified atom stereocenters. The largest absolute Gasteiger partial charge is 0.406 e. The lowest BCUT2D eigenvalue weighted by molar-refractivity contribution is -0.140. The van der Waals surface area contributed by atoms with Crippen molar-refractivity contribution in [2.45, 2.75) is 32.9 Å². The topological polar surface area (TPSA) is 46.3 Å². The molecule has 6 heteroatoms. The summed E-state index contributed by atoms with van der Waals surface area (Å²) in [7, 11) is 0. The maximum Gasteiger partial charge on any atom is 0.406 e. The number of para-hydroxylation sites is 1. The number of hydrogen-bond acceptors (Lipinski definition) is 2. The molecule has 3 nitrogen and oxygen atoms in total. The Bertz CT molecular complexity index is 472. The number of benzene rings is 1. The van der Waals surface area contributed by atoms with Gasteiger partial charge in [0.15, 0.2) is 0 Å². The van der Waals surface area contributed by atoms with E-state index in [-0.39, 0.29) is 17.8 Å². The van der Waals surface area contributed by atoms with Crippen molar-refractivity contribution in [2.24, 2.45) is 0 Å². The lowest BCUT2D eigenvalue weighted by Gasteiger charge is -2.24. The lowest BCUT2D eigenvalue weighted by atomic mass is 10.1. The molecule has 0 aliphatic heterocycles. The fourth-order valence-corrected chi connectivity index (χ4v) is 1.86. The van der Waals surface area contributed by atoms with Crippen molar-refractivity contribution in [3.8, 4) is 0 Å². The van der Waals surface area contributed by atoms with E-state index in [0.29, 0.717) is 18.4 Å². The zero-order valence-corrected chi connectivity index (χ0v) is 11.6. The van der Waals surface area contributed by atoms with Gasteiger partial charge in [0.05, 0.1) is 5.56 Å². The molecule has 0 fully saturated rings. The average Bonchev–Trinajstić information content (AvgIpc) is 2.35. The number of nitrogen functional groups attached to an aromatic ring is 1. The third kappa shape index (κ3) is 4.43. The van der Waals surface area contributed by atoms with Gasteiger partial charge in [0.2, 0.25) is 0 Å². The zero-order valence-electron chi connectivity index (χ0n) is 11.6. The van der Waals surface area contributed by atoms with Crippen LogP contribution >= 0.6 is 0 Å². The molecule has 0 radical (unpaired) electrons. The first-order valence-corrected chi connectivity index (χ1v) is 6.47. The molecular weight excluding hydrogens is 269 g/mol. The second kappa shape index (κ2) is 6.63. The lowest BCUT2D eigenvalue weighted by Crippen LogP contribution is -2.39. The molecule has 0 aliphatic rings. The fraction of sp³-hybridized carbons (Fsp3) is 0.500. The van der Waals surface area contributed by atoms with Crippen LogP contribution in [-0.2, 0) is 0 Å². The summed E-state index contributed by atoms with van der Waals surface area (Å²) in [4.78, 5) is 13.1. The van der Waals surface area contributed by atoms with Crippen molar-refractivity contribution in [2.75, 3.05) is 18.8 Å². The van der Waals surface area contributed by atoms with Crippen LogP contribution in [0.4, 0.5) is 18.9 Å². The van der Waals surface area contributed by atoms with E-state index in [1.807, 2.05) is 6.92 Å². The van der Waals surface area contributed by atoms with Gasteiger partial charge in [0.25, 0.3) is 5.91 Å². The zero-order chi connectivity index (χ0) is 15.3. The van der Waals surface area contributed by atoms with Crippen LogP contribution < -0.4 is 5.73 Å². The van der Waals surface area contributed by atoms with Crippen LogP contribution in [0.2, 0.25) is 0 Å². The molecule has 2 N–H and O–H groups in total. The van der Waals surface area contributed by atoms with E-state index in [1.165, 1.54) is 6.07 Å². The van der Waals surface area contributed by atoms with E-state index in [4.69, 9.17) is 5.73 Å². The molecule has 1 rings (SSSR count). The first-order chi connectivity index (χ1) is 9.26. The highest BCUT2D eigenvalue weighted by Crippen LogP contribution is 2.22. The summed E-state index contributed by atoms with van der Waals surface area (Å²) in [6.07, 6.45) is -3.18. The van der Waals surface area contributed by atoms with Crippen molar-refractivity contribution in [3.63, 3.8) is 0 Å². The second-order valence-electron chi connectivity index (χ2n) is 4.73. The number of alkyl halides is 3. The van der Waals surface area contributed by atoms with Crippen molar-refractivity contribution in [3.05, 3.63) is 29.3 Å². The van der Waals surface area contributed by atoms with Crippen LogP contribution in [0.3, 0.4) is 0 Å². The Kier molecular flexibility index (Phi) is 5.42. The Morgan fingerprint density at radius 1 is 1.35 bits per heavy atom. The summed E-state index contributed by atoms with van der Waals surface area (Å²) in [5.41, 5.74) is 6.83. The summed E-state index contributed by atoms with van der Waals surface area (Å²) >= 11 is 0. The van der Waals surface area contributed by atoms with Crippen molar-refractivity contribution in [1.82, 2.24) is 4.90 Å². The van der Waals surface area contributed by atoms with Gasteiger partial charge in [0, 0.05) is 12.2 Å². The Morgan fingerprint density at radius 2 is 2.00 bits per heavy atom. The molecule has 112 valence electrons. The highest BCUT2D eigenvalue weighted by Gasteiger charge is 2.33. The number of carbonyl (C=O) groups excluding carboxylic acids is 1. The summed E-state index contributed by atoms with van der Waals surface area (Å²) in [5, 5.41) is 0. The van der Waals surface area contributed by atoms with Crippen LogP contribution in [0.5, 0.6) is 0 Å². The van der Waals surface area contributed by atoms with Gasteiger partial charge in [-0.05, 0) is 25.0 Å². The first-order valence-electron chi connectivity index (χ1n) is 6.47. The number of anilines is 1. The summed E-state index contributed by atoms with van der Waals surface area (Å²) in [5.74, 6) is -0.669. The summed E-state index contributed by atoms with van der Waals surface area (Å²) < 4.78 is 37.7. The van der Waals surface area contributed by atoms with Crippen LogP contribution in [-0.4, -0.2) is 30.1 Å². The highest BCUT2D eigenvalue weighted by atomic mass is 19.4. The number of hydrogen-bond donors (Lipinski definition) is 1. The predicted molar refractivity (Wildman–Crippen MR) is 72.5 cm³/mol. The van der Waals surface area contributed by atoms with Crippen molar-refractivity contribution in [1.29, 1.82) is 0 Å². The number of rotatable bonds is 5. The SMILES string of the molecule is CCCCN(CC(F)(F)F)C(=O)c1cccc(C)c1N. The van der Waals surface area contributed by atoms with Gasteiger partial charge in [0.1, 0.15) is 6.54 Å². The smallest absolute Gasteiger partial charge is 0.398 e. The minimum absolute atomic E-state index is 0.0717. The molecule has 0 heterocycles. The molecule has 0 aliphatic carbocycles. The molecule has 0 saturated heterocycles. The maximum absolute atomic E-state index is 12.6. The van der Waals surface area contributed by atoms with E-state index in [0.717, 1.165) is 4.90 Å². The van der Waals surface area contributed by atoms with E-state index in [9.17, 15) is 18.0 Å². The Balaban J connectivity index is 3.00. The maximum atomic E-state index is 12.6. The quantitative estimate of drug-likeness (QED) is 0.844. The Labute approximate surface area is 116 Å². The van der Waals surface area contributed by atoms with Gasteiger partial charge < -0.3 is 10.6 Å². The van der Waals surface area contributed by atoms with Gasteiger partial charge in [-0.2, -0.15) is 13.2 Å². The van der Waals surface area contributed by atoms with Gasteiger partial charge >= 0.3 is 6.18 Å². The standard InChI is InChI=1S/C14H19F3N2O/c1-3-4-8-19(9-14(15,16)17)13(20)11-7-5-6-10(2)12(11)18/h5-7H,3-4,8-9,18H2,1-2H3. The second-order valence-corrected chi connectivity index (χ2v) is 4.73. The third-order valence-electron chi connectivity index (χ3n) is 2.99. The number of halogens is 3. The Morgan fingerprint density at radius 3 is 2.55 bits per heavy atom. The summed E-state index contributed by atoms with van der Waals surface area (Å²) in [6, 6.07) is 4.79. The molecule has 0 aromatic heterocycles. The molecule has 1 aromatic carbocycles. The van der Waals surface area contributed by atoms with E-state index >= 15 is 0 Å². The minimum Gasteiger partial charge on any atom is -0.398 e. The summed E-state index contributed by atoms with van der Waals surface area (Å²) in [6.45, 7) is 2.39. The Hall–Kier alpha value is -1.72. The van der Waals surface area contributed by atoms with Crippen LogP contribution in [0.1, 0.15) is 35.7 Å². The molecule has 0 atom stereocenters. The number of carbonyl (C=O) groups is 1. The number of nitrogens with two attached hydrogens (primary N) is 1. The minimum atomic E-state index is -4.41. The van der Waals surface area contributed by atoms with Gasteiger partial charge in [-0.25, -0.2) is 0 Å². The van der Waals surface area contributed by atoms with E-state index < -0.39 is 18.6 Å². The third-order valence-corrected chi connectivity index (χ3v) is 2.99. The van der Waals surface area contributed by atoms with E-state index in [1.54, 1.807) is 19.1 Å². The number of aryl methyl sites for hydroxylation is 1. The number of amides is 1. The van der Waals surface area contributed by atoms with E-state index in [2.05, 4.69) is 0 Å². The molecule has 0 saturated carbocycles. The molecule has 1 amide bonds. The van der Waals surface area contributed by atoms with Crippen LogP contribution in [0.15, 0.2) is 18.2 Å². The molecule has 20 heavy (non-hydrogen) atoms. The number of nitrogens with zero attached hydrogens (tertiary/aromatic N) is 1. The average molecular weight is 288 g/mol. The van der Waals surface area contributed by atoms with Crippen LogP contribution in [0.25, 0.3) is 0 Å². The fourth-order valence-electron chi connectivity index (χ4n) is 1.86. The number of unbranched alkanes of at least 4 members (excludes halogenated alkanes) is 1. The molecular formula is C14H19F3N2O. The van der Waals surface area contributed by atoms with Gasteiger partial charge in [-0.15, -0.1) is 0 Å².